The van der Waals surface area contributed by atoms with Crippen LogP contribution >= 0.6 is 11.3 Å². The van der Waals surface area contributed by atoms with Crippen LogP contribution < -0.4 is 4.74 Å². The normalized spacial score (nSPS) is 14.4. The first-order valence-electron chi connectivity index (χ1n) is 15.5. The summed E-state index contributed by atoms with van der Waals surface area (Å²) >= 11 is 1.41. The Morgan fingerprint density at radius 2 is 1.90 bits per heavy atom. The quantitative estimate of drug-likeness (QED) is 0.166. The first-order chi connectivity index (χ1) is 23.8. The molecule has 10 nitrogen and oxygen atoms in total. The number of nitrogens with zero attached hydrogens (tertiary/aromatic N) is 8. The van der Waals surface area contributed by atoms with Crippen molar-refractivity contribution in [2.45, 2.75) is 26.1 Å². The Balaban J connectivity index is 1.37. The van der Waals surface area contributed by atoms with Crippen LogP contribution in [-0.2, 0) is 25.0 Å². The van der Waals surface area contributed by atoms with Crippen LogP contribution in [0.4, 0.5) is 8.78 Å². The molecule has 0 aliphatic carbocycles. The zero-order valence-electron chi connectivity index (χ0n) is 26.5. The molecule has 0 saturated heterocycles. The van der Waals surface area contributed by atoms with Crippen molar-refractivity contribution < 1.29 is 18.3 Å². The summed E-state index contributed by atoms with van der Waals surface area (Å²) < 4.78 is 41.7. The maximum atomic E-state index is 16.3. The average molecular weight is 675 g/mol. The van der Waals surface area contributed by atoms with Crippen LogP contribution in [0.5, 0.6) is 5.75 Å². The largest absolute Gasteiger partial charge is 0.485 e. The molecule has 1 aliphatic rings. The molecule has 1 amide bonds. The minimum Gasteiger partial charge on any atom is -0.485 e. The van der Waals surface area contributed by atoms with Gasteiger partial charge in [0, 0.05) is 59.3 Å². The second-order valence-corrected chi connectivity index (χ2v) is 12.6. The van der Waals surface area contributed by atoms with Gasteiger partial charge in [0.2, 0.25) is 5.91 Å². The molecule has 0 saturated carbocycles. The van der Waals surface area contributed by atoms with E-state index in [0.29, 0.717) is 41.6 Å². The molecule has 0 fully saturated rings. The van der Waals surface area contributed by atoms with Gasteiger partial charge < -0.3 is 14.2 Å². The molecular weight excluding hydrogens is 647 g/mol. The van der Waals surface area contributed by atoms with Crippen LogP contribution in [0.1, 0.15) is 24.5 Å². The topological polar surface area (TPSA) is 104 Å². The second kappa shape index (κ2) is 12.0. The van der Waals surface area contributed by atoms with E-state index in [2.05, 4.69) is 21.5 Å². The molecular formula is C36H28F2N8O2S. The molecule has 1 atom stereocenters. The number of hydrogen-bond acceptors (Lipinski definition) is 8. The Bertz CT molecular complexity index is 2420. The van der Waals surface area contributed by atoms with Crippen LogP contribution in [-0.4, -0.2) is 51.6 Å². The molecule has 8 rings (SSSR count). The molecule has 0 spiro atoms. The van der Waals surface area contributed by atoms with Crippen LogP contribution in [0.3, 0.4) is 0 Å². The summed E-state index contributed by atoms with van der Waals surface area (Å²) in [5.74, 6) is -1.45. The van der Waals surface area contributed by atoms with Crippen molar-refractivity contribution in [3.8, 4) is 39.5 Å². The van der Waals surface area contributed by atoms with E-state index in [0.717, 1.165) is 44.5 Å². The first kappa shape index (κ1) is 30.5. The predicted octanol–water partition coefficient (Wildman–Crippen LogP) is 7.12. The number of thiophene rings is 1. The van der Waals surface area contributed by atoms with Gasteiger partial charge in [-0.25, -0.2) is 28.7 Å². The maximum Gasteiger partial charge on any atom is 0.246 e. The summed E-state index contributed by atoms with van der Waals surface area (Å²) in [5, 5.41) is 7.64. The van der Waals surface area contributed by atoms with Crippen LogP contribution in [0, 0.1) is 11.6 Å². The van der Waals surface area contributed by atoms with Crippen molar-refractivity contribution in [2.24, 2.45) is 7.05 Å². The predicted molar refractivity (Wildman–Crippen MR) is 183 cm³/mol. The Kier molecular flexibility index (Phi) is 7.48. The molecule has 6 heterocycles. The van der Waals surface area contributed by atoms with Gasteiger partial charge in [0.1, 0.15) is 35.4 Å². The SMILES string of the molecule is C=CC(=O)N1CCn2nc(-c3nc(-c4ccc5c(c4)ncn5C)c4ccsc4c3-c3c(F)cc(F)cc3OCc3ncccn3)cc2[C@H]1C. The molecule has 2 aromatic carbocycles. The van der Waals surface area contributed by atoms with Crippen LogP contribution in [0.2, 0.25) is 0 Å². The fraction of sp³-hybridized carbons (Fsp3) is 0.167. The van der Waals surface area contributed by atoms with Crippen molar-refractivity contribution in [1.29, 1.82) is 0 Å². The number of ether oxygens (including phenoxy) is 1. The zero-order chi connectivity index (χ0) is 33.8. The summed E-state index contributed by atoms with van der Waals surface area (Å²) in [6.45, 7) is 6.38. The standard InChI is InChI=1S/C36H28F2N8O2S/c1-4-31(47)45-11-12-46-28(20(45)2)17-26(43-46)35-33(32-24(38)15-22(37)16-29(32)48-18-30-39-9-5-10-40-30)36-23(8-13-49-36)34(42-35)21-6-7-27-25(14-21)41-19-44(27)3/h4-10,13-17,19-20H,1,11-12,18H2,2-3H3/t20-/m1/s1. The van der Waals surface area contributed by atoms with Crippen LogP contribution in [0.15, 0.2) is 85.3 Å². The number of aryl methyl sites for hydroxylation is 1. The third kappa shape index (κ3) is 5.22. The van der Waals surface area contributed by atoms with Crippen molar-refractivity contribution in [3.63, 3.8) is 0 Å². The molecule has 244 valence electrons. The minimum absolute atomic E-state index is 0.0227. The Hall–Kier alpha value is -5.82. The molecule has 1 aliphatic heterocycles. The van der Waals surface area contributed by atoms with E-state index >= 15 is 4.39 Å². The van der Waals surface area contributed by atoms with E-state index in [9.17, 15) is 9.18 Å². The van der Waals surface area contributed by atoms with Gasteiger partial charge in [-0.05, 0) is 48.7 Å². The van der Waals surface area contributed by atoms with Gasteiger partial charge in [-0.2, -0.15) is 5.10 Å². The van der Waals surface area contributed by atoms with Gasteiger partial charge in [0.25, 0.3) is 0 Å². The van der Waals surface area contributed by atoms with Crippen molar-refractivity contribution in [1.82, 2.24) is 39.2 Å². The van der Waals surface area contributed by atoms with Gasteiger partial charge in [0.05, 0.1) is 46.9 Å². The van der Waals surface area contributed by atoms with E-state index in [-0.39, 0.29) is 29.9 Å². The fourth-order valence-electron chi connectivity index (χ4n) is 6.44. The van der Waals surface area contributed by atoms with Crippen molar-refractivity contribution >= 4 is 38.4 Å². The number of hydrogen-bond donors (Lipinski definition) is 0. The monoisotopic (exact) mass is 674 g/mol. The van der Waals surface area contributed by atoms with Gasteiger partial charge in [-0.1, -0.05) is 12.6 Å². The molecule has 7 aromatic rings. The average Bonchev–Trinajstić information content (AvgIpc) is 3.86. The number of imidazole rings is 1. The fourth-order valence-corrected chi connectivity index (χ4v) is 7.38. The first-order valence-corrected chi connectivity index (χ1v) is 16.4. The lowest BCUT2D eigenvalue weighted by Crippen LogP contribution is -2.40. The maximum absolute atomic E-state index is 16.3. The number of carbonyl (C=O) groups excluding carboxylic acids is 1. The van der Waals surface area contributed by atoms with Crippen LogP contribution in [0.25, 0.3) is 54.9 Å². The Labute approximate surface area is 283 Å². The number of benzene rings is 2. The summed E-state index contributed by atoms with van der Waals surface area (Å²) in [6.07, 6.45) is 6.20. The molecule has 5 aromatic heterocycles. The molecule has 0 bridgehead atoms. The van der Waals surface area contributed by atoms with E-state index in [4.69, 9.17) is 14.8 Å². The lowest BCUT2D eigenvalue weighted by atomic mass is 9.96. The number of pyridine rings is 1. The van der Waals surface area contributed by atoms with Gasteiger partial charge >= 0.3 is 0 Å². The summed E-state index contributed by atoms with van der Waals surface area (Å²) in [5.41, 5.74) is 5.36. The molecule has 13 heteroatoms. The summed E-state index contributed by atoms with van der Waals surface area (Å²) in [6, 6.07) is 13.1. The lowest BCUT2D eigenvalue weighted by Gasteiger charge is -2.33. The highest BCUT2D eigenvalue weighted by molar-refractivity contribution is 7.18. The summed E-state index contributed by atoms with van der Waals surface area (Å²) in [4.78, 5) is 32.5. The lowest BCUT2D eigenvalue weighted by molar-refractivity contribution is -0.129. The second-order valence-electron chi connectivity index (χ2n) is 11.7. The third-order valence-electron chi connectivity index (χ3n) is 8.81. The molecule has 49 heavy (non-hydrogen) atoms. The van der Waals surface area contributed by atoms with Gasteiger partial charge in [-0.3, -0.25) is 9.48 Å². The highest BCUT2D eigenvalue weighted by Gasteiger charge is 2.31. The highest BCUT2D eigenvalue weighted by Crippen LogP contribution is 2.47. The zero-order valence-corrected chi connectivity index (χ0v) is 27.3. The van der Waals surface area contributed by atoms with Gasteiger partial charge in [-0.15, -0.1) is 11.3 Å². The van der Waals surface area contributed by atoms with E-state index in [1.807, 2.05) is 58.9 Å². The minimum atomic E-state index is -0.815. The number of rotatable bonds is 7. The third-order valence-corrected chi connectivity index (χ3v) is 9.74. The van der Waals surface area contributed by atoms with E-state index in [1.54, 1.807) is 29.7 Å². The van der Waals surface area contributed by atoms with Crippen molar-refractivity contribution in [3.05, 3.63) is 108 Å². The summed E-state index contributed by atoms with van der Waals surface area (Å²) in [7, 11) is 1.93. The molecule has 0 unspecified atom stereocenters. The number of aromatic nitrogens is 7. The number of amides is 1. The van der Waals surface area contributed by atoms with E-state index < -0.39 is 11.6 Å². The molecule has 0 radical (unpaired) electrons. The van der Waals surface area contributed by atoms with Crippen molar-refractivity contribution in [2.75, 3.05) is 6.54 Å². The van der Waals surface area contributed by atoms with Gasteiger partial charge in [0.15, 0.2) is 5.82 Å². The number of halogens is 2. The molecule has 0 N–H and O–H groups in total. The highest BCUT2D eigenvalue weighted by atomic mass is 32.1. The number of fused-ring (bicyclic) bond motifs is 3. The Morgan fingerprint density at radius 1 is 1.06 bits per heavy atom. The van der Waals surface area contributed by atoms with E-state index in [1.165, 1.54) is 17.4 Å². The number of carbonyl (C=O) groups is 1. The Morgan fingerprint density at radius 3 is 2.71 bits per heavy atom. The smallest absolute Gasteiger partial charge is 0.246 e.